The van der Waals surface area contributed by atoms with Crippen molar-refractivity contribution in [3.63, 3.8) is 0 Å². The predicted octanol–water partition coefficient (Wildman–Crippen LogP) is 4.24. The monoisotopic (exact) mass is 366 g/mol. The number of H-pyrrole nitrogens is 1. The second kappa shape index (κ2) is 6.27. The molecule has 132 valence electrons. The highest BCUT2D eigenvalue weighted by Gasteiger charge is 2.10. The maximum Gasteiger partial charge on any atom is 0.299 e. The molecule has 4 rings (SSSR count). The lowest BCUT2D eigenvalue weighted by Crippen LogP contribution is -2.09. The van der Waals surface area contributed by atoms with Gasteiger partial charge in [0.2, 0.25) is 0 Å². The van der Waals surface area contributed by atoms with E-state index in [1.165, 1.54) is 0 Å². The molecule has 7 heteroatoms. The number of aromatic amines is 1. The molecule has 0 aliphatic rings. The number of nitrogens with one attached hydrogen (secondary N) is 3. The second-order valence-electron chi connectivity index (χ2n) is 6.11. The third-order valence-electron chi connectivity index (χ3n) is 3.75. The molecule has 0 bridgehead atoms. The molecule has 1 unspecified atom stereocenters. The second-order valence-corrected chi connectivity index (χ2v) is 8.33. The number of hydrogen-bond acceptors (Lipinski definition) is 4. The molecular weight excluding hydrogens is 348 g/mol. The summed E-state index contributed by atoms with van der Waals surface area (Å²) in [6.45, 7) is 0. The van der Waals surface area contributed by atoms with Gasteiger partial charge in [-0.15, -0.1) is 0 Å². The first kappa shape index (κ1) is 16.3. The van der Waals surface area contributed by atoms with Gasteiger partial charge in [-0.05, 0) is 36.2 Å². The van der Waals surface area contributed by atoms with E-state index in [0.717, 1.165) is 22.3 Å². The number of nitrogens with zero attached hydrogens (tertiary/aromatic N) is 1. The molecular formula is C19H18N4O2S. The first-order valence-corrected chi connectivity index (χ1v) is 10.1. The van der Waals surface area contributed by atoms with Gasteiger partial charge in [-0.1, -0.05) is 24.3 Å². The molecule has 0 aliphatic heterocycles. The molecule has 3 N–H and O–H groups in total. The van der Waals surface area contributed by atoms with Crippen molar-refractivity contribution in [1.82, 2.24) is 9.97 Å². The highest BCUT2D eigenvalue weighted by molar-refractivity contribution is 8.00. The average molecular weight is 366 g/mol. The standard InChI is InChI=1S/C19H18N4O2S/c1-26(2,24)23-15-8-5-7-14(11-15)21-19-20-12-18(25-19)17-10-13-6-3-4-9-16(13)22-17/h3-12,22H,1H2,2H3,(H,20,21)(H,23,24). The quantitative estimate of drug-likeness (QED) is 0.461. The van der Waals surface area contributed by atoms with Gasteiger partial charge in [-0.25, -0.2) is 9.19 Å². The number of aromatic nitrogens is 2. The van der Waals surface area contributed by atoms with E-state index in [-0.39, 0.29) is 0 Å². The fraction of sp³-hybridized carbons (Fsp3) is 0.0526. The summed E-state index contributed by atoms with van der Waals surface area (Å²) >= 11 is 0. The lowest BCUT2D eigenvalue weighted by molar-refractivity contribution is 0.590. The van der Waals surface area contributed by atoms with Crippen LogP contribution in [0.25, 0.3) is 22.4 Å². The zero-order valence-corrected chi connectivity index (χ0v) is 15.0. The van der Waals surface area contributed by atoms with Gasteiger partial charge in [-0.2, -0.15) is 0 Å². The van der Waals surface area contributed by atoms with Gasteiger partial charge in [0.1, 0.15) is 0 Å². The molecule has 2 aromatic carbocycles. The van der Waals surface area contributed by atoms with Gasteiger partial charge in [0.25, 0.3) is 6.01 Å². The SMILES string of the molecule is C=S(C)(=O)Nc1cccc(Nc2ncc(-c3cc4ccccc4[nH]3)o2)c1. The molecule has 6 nitrogen and oxygen atoms in total. The van der Waals surface area contributed by atoms with Gasteiger partial charge >= 0.3 is 0 Å². The summed E-state index contributed by atoms with van der Waals surface area (Å²) in [7, 11) is -2.33. The summed E-state index contributed by atoms with van der Waals surface area (Å²) < 4.78 is 20.5. The third-order valence-corrected chi connectivity index (χ3v) is 4.42. The van der Waals surface area contributed by atoms with Gasteiger partial charge in [-0.3, -0.25) is 0 Å². The van der Waals surface area contributed by atoms with Crippen LogP contribution in [0.4, 0.5) is 17.4 Å². The lowest BCUT2D eigenvalue weighted by Gasteiger charge is -2.09. The van der Waals surface area contributed by atoms with E-state index in [1.54, 1.807) is 12.5 Å². The molecule has 0 amide bonds. The number of para-hydroxylation sites is 1. The fourth-order valence-corrected chi connectivity index (χ4v) is 3.32. The zero-order chi connectivity index (χ0) is 18.1. The van der Waals surface area contributed by atoms with Crippen molar-refractivity contribution in [1.29, 1.82) is 0 Å². The summed E-state index contributed by atoms with van der Waals surface area (Å²) in [4.78, 5) is 7.59. The smallest absolute Gasteiger partial charge is 0.299 e. The predicted molar refractivity (Wildman–Crippen MR) is 108 cm³/mol. The number of oxazole rings is 1. The van der Waals surface area contributed by atoms with Gasteiger partial charge < -0.3 is 19.4 Å². The normalized spacial score (nSPS) is 13.4. The first-order chi connectivity index (χ1) is 12.5. The molecule has 26 heavy (non-hydrogen) atoms. The van der Waals surface area contributed by atoms with Crippen molar-refractivity contribution in [2.45, 2.75) is 0 Å². The van der Waals surface area contributed by atoms with Crippen LogP contribution < -0.4 is 10.0 Å². The van der Waals surface area contributed by atoms with Crippen LogP contribution in [0.1, 0.15) is 0 Å². The van der Waals surface area contributed by atoms with Crippen molar-refractivity contribution in [2.75, 3.05) is 16.3 Å². The molecule has 0 saturated heterocycles. The number of hydrogen-bond donors (Lipinski definition) is 3. The van der Waals surface area contributed by atoms with Crippen LogP contribution in [0.5, 0.6) is 0 Å². The number of fused-ring (bicyclic) bond motifs is 1. The van der Waals surface area contributed by atoms with Crippen LogP contribution in [-0.2, 0) is 9.71 Å². The van der Waals surface area contributed by atoms with E-state index in [9.17, 15) is 4.21 Å². The van der Waals surface area contributed by atoms with Crippen LogP contribution in [-0.4, -0.2) is 26.3 Å². The van der Waals surface area contributed by atoms with E-state index in [4.69, 9.17) is 4.42 Å². The molecule has 2 aromatic heterocycles. The molecule has 0 saturated carbocycles. The van der Waals surface area contributed by atoms with E-state index < -0.39 is 9.71 Å². The van der Waals surface area contributed by atoms with Crippen molar-refractivity contribution >= 4 is 43.9 Å². The van der Waals surface area contributed by atoms with Crippen LogP contribution in [0, 0.1) is 0 Å². The van der Waals surface area contributed by atoms with Crippen molar-refractivity contribution in [3.8, 4) is 11.5 Å². The Hall–Kier alpha value is -3.19. The Morgan fingerprint density at radius 2 is 1.92 bits per heavy atom. The third kappa shape index (κ3) is 3.57. The molecule has 0 fully saturated rings. The van der Waals surface area contributed by atoms with E-state index in [1.807, 2.05) is 54.6 Å². The summed E-state index contributed by atoms with van der Waals surface area (Å²) in [5.41, 5.74) is 3.39. The zero-order valence-electron chi connectivity index (χ0n) is 14.2. The minimum absolute atomic E-state index is 0.377. The summed E-state index contributed by atoms with van der Waals surface area (Å²) in [5.74, 6) is 4.24. The first-order valence-electron chi connectivity index (χ1n) is 7.97. The Bertz CT molecular complexity index is 1140. The molecule has 0 spiro atoms. The van der Waals surface area contributed by atoms with Crippen LogP contribution in [0.3, 0.4) is 0 Å². The van der Waals surface area contributed by atoms with Crippen molar-refractivity contribution in [2.24, 2.45) is 0 Å². The largest absolute Gasteiger partial charge is 0.422 e. The Labute approximate surface area is 151 Å². The number of benzene rings is 2. The average Bonchev–Trinajstić information content (AvgIpc) is 3.19. The molecule has 0 aliphatic carbocycles. The molecule has 2 heterocycles. The Morgan fingerprint density at radius 3 is 2.73 bits per heavy atom. The van der Waals surface area contributed by atoms with Gasteiger partial charge in [0, 0.05) is 38.2 Å². The van der Waals surface area contributed by atoms with Crippen LogP contribution in [0.2, 0.25) is 0 Å². The van der Waals surface area contributed by atoms with E-state index in [0.29, 0.717) is 17.5 Å². The van der Waals surface area contributed by atoms with E-state index in [2.05, 4.69) is 25.9 Å². The Morgan fingerprint density at radius 1 is 1.12 bits per heavy atom. The minimum Gasteiger partial charge on any atom is -0.422 e. The maximum absolute atomic E-state index is 11.8. The lowest BCUT2D eigenvalue weighted by atomic mass is 10.2. The summed E-state index contributed by atoms with van der Waals surface area (Å²) in [6.07, 6.45) is 3.22. The maximum atomic E-state index is 11.8. The molecule has 4 aromatic rings. The Balaban J connectivity index is 1.56. The van der Waals surface area contributed by atoms with Crippen molar-refractivity contribution in [3.05, 3.63) is 60.8 Å². The van der Waals surface area contributed by atoms with Crippen LogP contribution >= 0.6 is 0 Å². The van der Waals surface area contributed by atoms with Crippen molar-refractivity contribution < 1.29 is 8.63 Å². The van der Waals surface area contributed by atoms with Gasteiger partial charge in [0.15, 0.2) is 5.76 Å². The Kier molecular flexibility index (Phi) is 3.93. The number of anilines is 3. The highest BCUT2D eigenvalue weighted by Crippen LogP contribution is 2.27. The number of rotatable bonds is 5. The highest BCUT2D eigenvalue weighted by atomic mass is 32.2. The summed E-state index contributed by atoms with van der Waals surface area (Å²) in [5, 5.41) is 4.22. The molecule has 0 radical (unpaired) electrons. The van der Waals surface area contributed by atoms with Gasteiger partial charge in [0.05, 0.1) is 11.9 Å². The van der Waals surface area contributed by atoms with E-state index >= 15 is 0 Å². The molecule has 1 atom stereocenters. The minimum atomic E-state index is -2.33. The van der Waals surface area contributed by atoms with Crippen LogP contribution in [0.15, 0.2) is 65.2 Å². The topological polar surface area (TPSA) is 83.0 Å². The summed E-state index contributed by atoms with van der Waals surface area (Å²) in [6, 6.07) is 17.8. The fourth-order valence-electron chi connectivity index (χ4n) is 2.70.